The first-order valence-corrected chi connectivity index (χ1v) is 9.57. The lowest BCUT2D eigenvalue weighted by Crippen LogP contribution is -2.26. The van der Waals surface area contributed by atoms with Gasteiger partial charge in [-0.3, -0.25) is 0 Å². The largest absolute Gasteiger partial charge is 0.465 e. The molecule has 0 spiro atoms. The number of ether oxygens (including phenoxy) is 1. The number of carbonyl (C=O) groups is 1. The Labute approximate surface area is 173 Å². The van der Waals surface area contributed by atoms with Crippen molar-refractivity contribution in [1.29, 1.82) is 0 Å². The molecular weight excluding hydrogens is 417 g/mol. The zero-order chi connectivity index (χ0) is 21.3. The van der Waals surface area contributed by atoms with Gasteiger partial charge in [-0.2, -0.15) is 13.2 Å². The van der Waals surface area contributed by atoms with E-state index in [0.29, 0.717) is 33.0 Å². The van der Waals surface area contributed by atoms with Crippen LogP contribution >= 0.6 is 11.3 Å². The minimum Gasteiger partial charge on any atom is -0.465 e. The number of halogens is 3. The second kappa shape index (κ2) is 7.85. The molecule has 2 heterocycles. The fourth-order valence-corrected chi connectivity index (χ4v) is 3.93. The molecule has 9 heteroatoms. The van der Waals surface area contributed by atoms with Gasteiger partial charge < -0.3 is 9.57 Å². The summed E-state index contributed by atoms with van der Waals surface area (Å²) in [6.07, 6.45) is -2.93. The average molecular weight is 432 g/mol. The predicted octanol–water partition coefficient (Wildman–Crippen LogP) is 5.48. The standard InChI is InChI=1S/C21H15F3N2O3S/c1-28-20(27)14-7-9-15(10-8-14)26-12-17(29-25-26)18-11-16(13-5-3-2-4-6-13)19(30-18)21(22,23)24/h2-12,25H,1H3. The monoisotopic (exact) mass is 432 g/mol. The molecular formula is C21H15F3N2O3S. The van der Waals surface area contributed by atoms with Crippen LogP contribution in [0.3, 0.4) is 0 Å². The Bertz CT molecular complexity index is 1090. The van der Waals surface area contributed by atoms with Gasteiger partial charge in [0, 0.05) is 5.56 Å². The molecule has 0 saturated carbocycles. The molecule has 154 valence electrons. The van der Waals surface area contributed by atoms with Crippen LogP contribution in [-0.4, -0.2) is 13.1 Å². The summed E-state index contributed by atoms with van der Waals surface area (Å²) < 4.78 is 45.4. The lowest BCUT2D eigenvalue weighted by molar-refractivity contribution is -0.133. The molecule has 0 aliphatic carbocycles. The molecule has 30 heavy (non-hydrogen) atoms. The van der Waals surface area contributed by atoms with Crippen LogP contribution in [0.2, 0.25) is 0 Å². The topological polar surface area (TPSA) is 50.8 Å². The fourth-order valence-electron chi connectivity index (χ4n) is 2.94. The van der Waals surface area contributed by atoms with Crippen molar-refractivity contribution in [3.8, 4) is 11.1 Å². The maximum atomic E-state index is 13.6. The number of benzene rings is 2. The third kappa shape index (κ3) is 3.89. The van der Waals surface area contributed by atoms with Crippen LogP contribution in [0.15, 0.2) is 66.9 Å². The number of nitrogens with one attached hydrogen (secondary N) is 1. The van der Waals surface area contributed by atoms with E-state index in [0.717, 1.165) is 0 Å². The molecule has 1 aliphatic rings. The first-order chi connectivity index (χ1) is 14.4. The van der Waals surface area contributed by atoms with Crippen LogP contribution in [-0.2, 0) is 15.8 Å². The summed E-state index contributed by atoms with van der Waals surface area (Å²) >= 11 is 0.619. The highest BCUT2D eigenvalue weighted by molar-refractivity contribution is 7.13. The highest BCUT2D eigenvalue weighted by Crippen LogP contribution is 2.45. The van der Waals surface area contributed by atoms with E-state index < -0.39 is 17.0 Å². The Balaban J connectivity index is 1.65. The summed E-state index contributed by atoms with van der Waals surface area (Å²) in [5.74, 6) is -0.208. The Morgan fingerprint density at radius 1 is 1.10 bits per heavy atom. The molecule has 5 nitrogen and oxygen atoms in total. The quantitative estimate of drug-likeness (QED) is 0.554. The van der Waals surface area contributed by atoms with E-state index in [4.69, 9.17) is 4.84 Å². The van der Waals surface area contributed by atoms with Gasteiger partial charge in [-0.25, -0.2) is 9.80 Å². The van der Waals surface area contributed by atoms with Crippen molar-refractivity contribution in [2.24, 2.45) is 0 Å². The minimum atomic E-state index is -4.48. The lowest BCUT2D eigenvalue weighted by atomic mass is 10.1. The number of nitrogens with zero attached hydrogens (tertiary/aromatic N) is 1. The molecule has 0 unspecified atom stereocenters. The molecule has 1 N–H and O–H groups in total. The third-order valence-electron chi connectivity index (χ3n) is 4.38. The average Bonchev–Trinajstić information content (AvgIpc) is 3.41. The predicted molar refractivity (Wildman–Crippen MR) is 107 cm³/mol. The Kier molecular flexibility index (Phi) is 5.23. The minimum absolute atomic E-state index is 0.105. The summed E-state index contributed by atoms with van der Waals surface area (Å²) in [5, 5.41) is 1.51. The zero-order valence-electron chi connectivity index (χ0n) is 15.6. The molecule has 4 rings (SSSR count). The second-order valence-corrected chi connectivity index (χ2v) is 7.36. The van der Waals surface area contributed by atoms with Gasteiger partial charge in [0.25, 0.3) is 0 Å². The van der Waals surface area contributed by atoms with Crippen LogP contribution in [0, 0.1) is 0 Å². The van der Waals surface area contributed by atoms with E-state index in [1.165, 1.54) is 18.2 Å². The number of esters is 1. The lowest BCUT2D eigenvalue weighted by Gasteiger charge is -2.13. The van der Waals surface area contributed by atoms with Crippen LogP contribution in [0.4, 0.5) is 18.9 Å². The smallest absolute Gasteiger partial charge is 0.426 e. The van der Waals surface area contributed by atoms with Crippen LogP contribution in [0.25, 0.3) is 16.9 Å². The molecule has 0 saturated heterocycles. The number of anilines is 1. The molecule has 1 aliphatic heterocycles. The van der Waals surface area contributed by atoms with Gasteiger partial charge in [0.2, 0.25) is 0 Å². The molecule has 0 amide bonds. The van der Waals surface area contributed by atoms with Gasteiger partial charge in [0.15, 0.2) is 5.76 Å². The van der Waals surface area contributed by atoms with Gasteiger partial charge in [-0.1, -0.05) is 35.9 Å². The highest BCUT2D eigenvalue weighted by atomic mass is 32.1. The van der Waals surface area contributed by atoms with Crippen molar-refractivity contribution in [2.45, 2.75) is 6.18 Å². The van der Waals surface area contributed by atoms with Crippen molar-refractivity contribution >= 4 is 28.8 Å². The van der Waals surface area contributed by atoms with Crippen LogP contribution in [0.5, 0.6) is 0 Å². The Morgan fingerprint density at radius 3 is 2.43 bits per heavy atom. The van der Waals surface area contributed by atoms with Crippen LogP contribution < -0.4 is 10.6 Å². The molecule has 0 atom stereocenters. The maximum absolute atomic E-state index is 13.6. The van der Waals surface area contributed by atoms with Crippen molar-refractivity contribution in [1.82, 2.24) is 5.59 Å². The van der Waals surface area contributed by atoms with E-state index in [1.807, 2.05) is 0 Å². The van der Waals surface area contributed by atoms with E-state index in [2.05, 4.69) is 10.3 Å². The maximum Gasteiger partial charge on any atom is 0.426 e. The molecule has 1 aromatic heterocycles. The van der Waals surface area contributed by atoms with Gasteiger partial charge in [0.05, 0.1) is 29.4 Å². The van der Waals surface area contributed by atoms with E-state index in [-0.39, 0.29) is 11.3 Å². The van der Waals surface area contributed by atoms with E-state index in [9.17, 15) is 18.0 Å². The Hall–Kier alpha value is -3.30. The third-order valence-corrected chi connectivity index (χ3v) is 5.58. The fraction of sp³-hybridized carbons (Fsp3) is 0.0952. The van der Waals surface area contributed by atoms with Crippen molar-refractivity contribution < 1.29 is 27.5 Å². The number of alkyl halides is 3. The second-order valence-electron chi connectivity index (χ2n) is 6.31. The van der Waals surface area contributed by atoms with Gasteiger partial charge in [-0.15, -0.1) is 11.3 Å². The first-order valence-electron chi connectivity index (χ1n) is 8.75. The molecule has 2 aromatic carbocycles. The number of carbonyl (C=O) groups excluding carboxylic acids is 1. The van der Waals surface area contributed by atoms with Crippen molar-refractivity contribution in [3.05, 3.63) is 82.2 Å². The van der Waals surface area contributed by atoms with Crippen LogP contribution in [0.1, 0.15) is 20.1 Å². The SMILES string of the molecule is COC(=O)c1ccc(N2C=C(c3cc(-c4ccccc4)c(C(F)(F)F)s3)ON2)cc1. The molecule has 0 radical (unpaired) electrons. The van der Waals surface area contributed by atoms with Gasteiger partial charge in [0.1, 0.15) is 4.88 Å². The summed E-state index contributed by atoms with van der Waals surface area (Å²) in [6, 6.07) is 16.4. The van der Waals surface area contributed by atoms with Gasteiger partial charge in [-0.05, 0) is 35.9 Å². The van der Waals surface area contributed by atoms with Gasteiger partial charge >= 0.3 is 12.1 Å². The normalized spacial score (nSPS) is 13.7. The number of thiophene rings is 1. The van der Waals surface area contributed by atoms with Crippen molar-refractivity contribution in [2.75, 3.05) is 12.1 Å². The van der Waals surface area contributed by atoms with E-state index >= 15 is 0 Å². The number of methoxy groups -OCH3 is 1. The number of rotatable bonds is 4. The number of hydrazine groups is 1. The molecule has 3 aromatic rings. The summed E-state index contributed by atoms with van der Waals surface area (Å²) in [7, 11) is 1.29. The first kappa shape index (κ1) is 20.0. The van der Waals surface area contributed by atoms with E-state index in [1.54, 1.807) is 60.8 Å². The highest BCUT2D eigenvalue weighted by Gasteiger charge is 2.37. The summed E-state index contributed by atoms with van der Waals surface area (Å²) in [5.41, 5.74) is 4.24. The molecule has 0 bridgehead atoms. The Morgan fingerprint density at radius 2 is 1.80 bits per heavy atom. The zero-order valence-corrected chi connectivity index (χ0v) is 16.4. The molecule has 0 fully saturated rings. The summed E-state index contributed by atoms with van der Waals surface area (Å²) in [6.45, 7) is 0. The number of hydrogen-bond donors (Lipinski definition) is 1. The summed E-state index contributed by atoms with van der Waals surface area (Å²) in [4.78, 5) is 16.6. The number of hydrogen-bond acceptors (Lipinski definition) is 6. The van der Waals surface area contributed by atoms with Crippen molar-refractivity contribution in [3.63, 3.8) is 0 Å².